The summed E-state index contributed by atoms with van der Waals surface area (Å²) in [6.45, 7) is -0.345. The van der Waals surface area contributed by atoms with Crippen LogP contribution in [0.2, 0.25) is 0 Å². The lowest BCUT2D eigenvalue weighted by molar-refractivity contribution is -0.116. The van der Waals surface area contributed by atoms with Crippen LogP contribution in [-0.4, -0.2) is 27.1 Å². The van der Waals surface area contributed by atoms with E-state index < -0.39 is 27.6 Å². The summed E-state index contributed by atoms with van der Waals surface area (Å²) < 4.78 is 51.5. The molecule has 0 spiro atoms. The highest BCUT2D eigenvalue weighted by molar-refractivity contribution is 7.92. The van der Waals surface area contributed by atoms with Gasteiger partial charge in [0.25, 0.3) is 0 Å². The molecule has 2 aromatic rings. The Morgan fingerprint density at radius 2 is 1.92 bits per heavy atom. The quantitative estimate of drug-likeness (QED) is 0.835. The molecule has 0 atom stereocenters. The van der Waals surface area contributed by atoms with Gasteiger partial charge >= 0.3 is 0 Å². The summed E-state index contributed by atoms with van der Waals surface area (Å²) in [5.74, 6) is -2.44. The molecule has 2 aromatic carbocycles. The lowest BCUT2D eigenvalue weighted by Gasteiger charge is -2.22. The maximum atomic E-state index is 13.9. The molecule has 0 radical (unpaired) electrons. The van der Waals surface area contributed by atoms with Gasteiger partial charge in [-0.05, 0) is 24.3 Å². The monoisotopic (exact) mass is 379 g/mol. The number of halogens is 2. The number of para-hydroxylation sites is 1. The first kappa shape index (κ1) is 19.3. The highest BCUT2D eigenvalue weighted by Gasteiger charge is 2.22. The largest absolute Gasteiger partial charge is 0.325 e. The van der Waals surface area contributed by atoms with E-state index in [1.807, 2.05) is 6.07 Å². The van der Waals surface area contributed by atoms with E-state index in [0.717, 1.165) is 18.4 Å². The molecule has 0 aliphatic rings. The number of carbonyl (C=O) groups excluding carboxylic acids is 1. The molecule has 0 saturated heterocycles. The van der Waals surface area contributed by atoms with Gasteiger partial charge in [-0.3, -0.25) is 9.10 Å². The van der Waals surface area contributed by atoms with Gasteiger partial charge in [0.05, 0.1) is 23.2 Å². The molecule has 0 heterocycles. The molecular formula is C17H15F2N3O3S. The van der Waals surface area contributed by atoms with Gasteiger partial charge in [0.1, 0.15) is 17.7 Å². The van der Waals surface area contributed by atoms with Crippen molar-refractivity contribution in [3.8, 4) is 6.07 Å². The van der Waals surface area contributed by atoms with Crippen LogP contribution in [0.4, 0.5) is 20.2 Å². The van der Waals surface area contributed by atoms with Crippen LogP contribution in [0.5, 0.6) is 0 Å². The number of carbonyl (C=O) groups is 1. The standard InChI is InChI=1S/C17H15F2N3O3S/c1-26(24,25)22(16-7-6-13(18)10-14(16)19)9-8-17(23)21-15-5-3-2-4-12(15)11-20/h2-7,10H,8-9H2,1H3,(H,21,23). The second kappa shape index (κ2) is 7.93. The first-order chi connectivity index (χ1) is 12.2. The fourth-order valence-corrected chi connectivity index (χ4v) is 3.18. The molecular weight excluding hydrogens is 364 g/mol. The minimum Gasteiger partial charge on any atom is -0.325 e. The predicted molar refractivity (Wildman–Crippen MR) is 93.0 cm³/mol. The van der Waals surface area contributed by atoms with Crippen LogP contribution in [0.15, 0.2) is 42.5 Å². The van der Waals surface area contributed by atoms with Gasteiger partial charge in [-0.1, -0.05) is 12.1 Å². The van der Waals surface area contributed by atoms with Gasteiger partial charge in [0, 0.05) is 19.0 Å². The third-order valence-corrected chi connectivity index (χ3v) is 4.62. The smallest absolute Gasteiger partial charge is 0.232 e. The average molecular weight is 379 g/mol. The molecule has 0 unspecified atom stereocenters. The Hall–Kier alpha value is -2.99. The third kappa shape index (κ3) is 4.77. The van der Waals surface area contributed by atoms with Crippen molar-refractivity contribution in [3.05, 3.63) is 59.7 Å². The van der Waals surface area contributed by atoms with Crippen molar-refractivity contribution in [1.29, 1.82) is 5.26 Å². The van der Waals surface area contributed by atoms with Crippen molar-refractivity contribution in [3.63, 3.8) is 0 Å². The average Bonchev–Trinajstić information content (AvgIpc) is 2.56. The van der Waals surface area contributed by atoms with E-state index in [9.17, 15) is 22.0 Å². The van der Waals surface area contributed by atoms with Gasteiger partial charge in [0.2, 0.25) is 15.9 Å². The van der Waals surface area contributed by atoms with Crippen LogP contribution < -0.4 is 9.62 Å². The molecule has 26 heavy (non-hydrogen) atoms. The van der Waals surface area contributed by atoms with Gasteiger partial charge in [-0.25, -0.2) is 17.2 Å². The topological polar surface area (TPSA) is 90.3 Å². The van der Waals surface area contributed by atoms with E-state index in [4.69, 9.17) is 5.26 Å². The number of anilines is 2. The van der Waals surface area contributed by atoms with E-state index in [1.165, 1.54) is 12.1 Å². The number of nitrogens with zero attached hydrogens (tertiary/aromatic N) is 2. The zero-order valence-electron chi connectivity index (χ0n) is 13.7. The first-order valence-corrected chi connectivity index (χ1v) is 9.29. The normalized spacial score (nSPS) is 10.8. The maximum Gasteiger partial charge on any atom is 0.232 e. The zero-order chi connectivity index (χ0) is 19.3. The Morgan fingerprint density at radius 1 is 1.23 bits per heavy atom. The molecule has 0 saturated carbocycles. The fraction of sp³-hybridized carbons (Fsp3) is 0.176. The summed E-state index contributed by atoms with van der Waals surface area (Å²) in [5.41, 5.74) is 0.198. The summed E-state index contributed by atoms with van der Waals surface area (Å²) in [6.07, 6.45) is 0.572. The van der Waals surface area contributed by atoms with Crippen LogP contribution in [-0.2, 0) is 14.8 Å². The van der Waals surface area contributed by atoms with Crippen molar-refractivity contribution >= 4 is 27.3 Å². The Labute approximate surface area is 149 Å². The van der Waals surface area contributed by atoms with Gasteiger partial charge in [-0.2, -0.15) is 5.26 Å². The number of sulfonamides is 1. The van der Waals surface area contributed by atoms with E-state index in [1.54, 1.807) is 12.1 Å². The minimum absolute atomic E-state index is 0.255. The zero-order valence-corrected chi connectivity index (χ0v) is 14.6. The molecule has 0 bridgehead atoms. The molecule has 0 aliphatic heterocycles. The molecule has 0 fully saturated rings. The van der Waals surface area contributed by atoms with Crippen molar-refractivity contribution in [2.75, 3.05) is 22.4 Å². The number of hydrogen-bond donors (Lipinski definition) is 1. The lowest BCUT2D eigenvalue weighted by Crippen LogP contribution is -2.33. The van der Waals surface area contributed by atoms with Gasteiger partial charge in [-0.15, -0.1) is 0 Å². The molecule has 1 N–H and O–H groups in total. The third-order valence-electron chi connectivity index (χ3n) is 3.44. The summed E-state index contributed by atoms with van der Waals surface area (Å²) in [6, 6.07) is 10.7. The molecule has 6 nitrogen and oxygen atoms in total. The van der Waals surface area contributed by atoms with Gasteiger partial charge < -0.3 is 5.32 Å². The molecule has 1 amide bonds. The van der Waals surface area contributed by atoms with Crippen molar-refractivity contribution in [2.24, 2.45) is 0 Å². The number of rotatable bonds is 6. The van der Waals surface area contributed by atoms with Crippen molar-refractivity contribution in [2.45, 2.75) is 6.42 Å². The summed E-state index contributed by atoms with van der Waals surface area (Å²) >= 11 is 0. The van der Waals surface area contributed by atoms with Crippen LogP contribution in [0, 0.1) is 23.0 Å². The summed E-state index contributed by atoms with van der Waals surface area (Å²) in [5, 5.41) is 11.5. The van der Waals surface area contributed by atoms with Crippen LogP contribution in [0.1, 0.15) is 12.0 Å². The molecule has 0 aromatic heterocycles. The molecule has 9 heteroatoms. The van der Waals surface area contributed by atoms with Crippen LogP contribution in [0.25, 0.3) is 0 Å². The Balaban J connectivity index is 2.15. The van der Waals surface area contributed by atoms with E-state index in [2.05, 4.69) is 5.32 Å². The van der Waals surface area contributed by atoms with E-state index >= 15 is 0 Å². The van der Waals surface area contributed by atoms with Crippen molar-refractivity contribution in [1.82, 2.24) is 0 Å². The maximum absolute atomic E-state index is 13.9. The number of amides is 1. The second-order valence-corrected chi connectivity index (χ2v) is 7.29. The highest BCUT2D eigenvalue weighted by atomic mass is 32.2. The predicted octanol–water partition coefficient (Wildman–Crippen LogP) is 2.63. The number of nitriles is 1. The Morgan fingerprint density at radius 3 is 2.54 bits per heavy atom. The Kier molecular flexibility index (Phi) is 5.90. The second-order valence-electron chi connectivity index (χ2n) is 5.39. The van der Waals surface area contributed by atoms with E-state index in [0.29, 0.717) is 16.1 Å². The molecule has 0 aliphatic carbocycles. The van der Waals surface area contributed by atoms with Gasteiger partial charge in [0.15, 0.2) is 0 Å². The number of nitrogens with one attached hydrogen (secondary N) is 1. The van der Waals surface area contributed by atoms with Crippen LogP contribution in [0.3, 0.4) is 0 Å². The fourth-order valence-electron chi connectivity index (χ4n) is 2.25. The number of hydrogen-bond acceptors (Lipinski definition) is 4. The summed E-state index contributed by atoms with van der Waals surface area (Å²) in [4.78, 5) is 12.1. The van der Waals surface area contributed by atoms with Crippen molar-refractivity contribution < 1.29 is 22.0 Å². The summed E-state index contributed by atoms with van der Waals surface area (Å²) in [7, 11) is -3.90. The first-order valence-electron chi connectivity index (χ1n) is 7.44. The van der Waals surface area contributed by atoms with Crippen LogP contribution >= 0.6 is 0 Å². The van der Waals surface area contributed by atoms with E-state index in [-0.39, 0.29) is 24.2 Å². The molecule has 2 rings (SSSR count). The lowest BCUT2D eigenvalue weighted by atomic mass is 10.2. The SMILES string of the molecule is CS(=O)(=O)N(CCC(=O)Nc1ccccc1C#N)c1ccc(F)cc1F. The number of benzene rings is 2. The molecule has 136 valence electrons. The highest BCUT2D eigenvalue weighted by Crippen LogP contribution is 2.23. The Bertz CT molecular complexity index is 971. The minimum atomic E-state index is -3.90.